The maximum Gasteiger partial charge on any atom is 0.491 e. The molecule has 0 aromatic heterocycles. The standard InChI is InChI=1S/C3H5O4P/c1-2-3(6-2)7-8(4)5/h2-3H,1H3/t2-,3+/m0/s1. The van der Waals surface area contributed by atoms with Gasteiger partial charge in [-0.2, -0.15) is 0 Å². The van der Waals surface area contributed by atoms with Gasteiger partial charge in [0, 0.05) is 0 Å². The maximum atomic E-state index is 9.73. The molecule has 1 aliphatic heterocycles. The molecular weight excluding hydrogens is 131 g/mol. The van der Waals surface area contributed by atoms with Crippen LogP contribution in [0.5, 0.6) is 0 Å². The Balaban J connectivity index is 2.14. The quantitative estimate of drug-likeness (QED) is 0.388. The van der Waals surface area contributed by atoms with Crippen molar-refractivity contribution in [1.29, 1.82) is 0 Å². The first kappa shape index (κ1) is 6.11. The highest BCUT2D eigenvalue weighted by Crippen LogP contribution is 2.29. The highest BCUT2D eigenvalue weighted by atomic mass is 31.1. The van der Waals surface area contributed by atoms with E-state index >= 15 is 0 Å². The summed E-state index contributed by atoms with van der Waals surface area (Å²) in [5.74, 6) is 0. The van der Waals surface area contributed by atoms with Crippen molar-refractivity contribution in [3.05, 3.63) is 0 Å². The minimum atomic E-state index is -2.73. The van der Waals surface area contributed by atoms with Crippen molar-refractivity contribution in [2.75, 3.05) is 0 Å². The topological polar surface area (TPSA) is 61.9 Å². The Labute approximate surface area is 47.4 Å². The molecule has 0 N–H and O–H groups in total. The van der Waals surface area contributed by atoms with Crippen LogP contribution in [-0.4, -0.2) is 12.4 Å². The number of hydrogen-bond donors (Lipinski definition) is 0. The minimum absolute atomic E-state index is 0.0529. The lowest BCUT2D eigenvalue weighted by Crippen LogP contribution is -1.96. The first-order chi connectivity index (χ1) is 3.70. The highest BCUT2D eigenvalue weighted by molar-refractivity contribution is 7.30. The zero-order valence-electron chi connectivity index (χ0n) is 4.23. The fourth-order valence-corrected chi connectivity index (χ4v) is 0.752. The molecule has 1 saturated heterocycles. The molecule has 1 fully saturated rings. The van der Waals surface area contributed by atoms with E-state index < -0.39 is 14.5 Å². The minimum Gasteiger partial charge on any atom is -0.566 e. The van der Waals surface area contributed by atoms with E-state index in [1.165, 1.54) is 0 Å². The van der Waals surface area contributed by atoms with E-state index in [1.807, 2.05) is 0 Å². The van der Waals surface area contributed by atoms with Gasteiger partial charge in [0.2, 0.25) is 6.29 Å². The summed E-state index contributed by atoms with van der Waals surface area (Å²) >= 11 is 0. The second kappa shape index (κ2) is 2.07. The van der Waals surface area contributed by atoms with Gasteiger partial charge < -0.3 is 9.63 Å². The third-order valence-electron chi connectivity index (χ3n) is 0.845. The molecule has 4 nitrogen and oxygen atoms in total. The van der Waals surface area contributed by atoms with Crippen LogP contribution in [0.15, 0.2) is 0 Å². The van der Waals surface area contributed by atoms with Crippen LogP contribution in [0.25, 0.3) is 0 Å². The molecule has 0 aromatic rings. The van der Waals surface area contributed by atoms with Crippen LogP contribution in [0.4, 0.5) is 0 Å². The van der Waals surface area contributed by atoms with Crippen LogP contribution in [-0.2, 0) is 13.8 Å². The fourth-order valence-electron chi connectivity index (χ4n) is 0.362. The Bertz CT molecular complexity index is 114. The number of epoxide rings is 1. The second-order valence-electron chi connectivity index (χ2n) is 1.54. The van der Waals surface area contributed by atoms with Gasteiger partial charge in [-0.3, -0.25) is 0 Å². The lowest BCUT2D eigenvalue weighted by Gasteiger charge is -1.79. The van der Waals surface area contributed by atoms with Gasteiger partial charge in [0.05, 0.1) is 0 Å². The summed E-state index contributed by atoms with van der Waals surface area (Å²) in [6.07, 6.45) is -0.556. The molecule has 0 bridgehead atoms. The summed E-state index contributed by atoms with van der Waals surface area (Å²) in [5.41, 5.74) is 0. The largest absolute Gasteiger partial charge is 0.566 e. The molecule has 0 amide bonds. The summed E-state index contributed by atoms with van der Waals surface area (Å²) in [6.45, 7) is 1.74. The Morgan fingerprint density at radius 2 is 2.38 bits per heavy atom. The van der Waals surface area contributed by atoms with Crippen LogP contribution >= 0.6 is 8.25 Å². The average molecular weight is 136 g/mol. The molecule has 46 valence electrons. The zero-order chi connectivity index (χ0) is 6.15. The van der Waals surface area contributed by atoms with E-state index in [0.717, 1.165) is 0 Å². The van der Waals surface area contributed by atoms with E-state index in [2.05, 4.69) is 9.26 Å². The monoisotopic (exact) mass is 136 g/mol. The Morgan fingerprint density at radius 1 is 1.88 bits per heavy atom. The van der Waals surface area contributed by atoms with E-state index in [0.29, 0.717) is 0 Å². The molecule has 1 rings (SSSR count). The van der Waals surface area contributed by atoms with Gasteiger partial charge in [0.1, 0.15) is 6.10 Å². The summed E-state index contributed by atoms with van der Waals surface area (Å²) in [4.78, 5) is 9.73. The van der Waals surface area contributed by atoms with E-state index in [4.69, 9.17) is 0 Å². The fraction of sp³-hybridized carbons (Fsp3) is 1.00. The molecule has 3 atom stereocenters. The van der Waals surface area contributed by atoms with Crippen molar-refractivity contribution in [3.63, 3.8) is 0 Å². The molecular formula is C3H5O4P. The molecule has 0 aliphatic carbocycles. The van der Waals surface area contributed by atoms with Gasteiger partial charge in [0.15, 0.2) is 0 Å². The normalized spacial score (nSPS) is 37.0. The molecule has 0 saturated carbocycles. The third kappa shape index (κ3) is 1.49. The van der Waals surface area contributed by atoms with E-state index in [1.54, 1.807) is 6.92 Å². The molecule has 0 aromatic carbocycles. The molecule has 5 heteroatoms. The smallest absolute Gasteiger partial charge is 0.491 e. The van der Waals surface area contributed by atoms with Crippen LogP contribution in [0, 0.1) is 0 Å². The molecule has 1 unspecified atom stereocenters. The van der Waals surface area contributed by atoms with Gasteiger partial charge in [-0.25, -0.2) is 0 Å². The second-order valence-corrected chi connectivity index (χ2v) is 2.20. The van der Waals surface area contributed by atoms with Crippen molar-refractivity contribution in [2.45, 2.75) is 19.3 Å². The number of ether oxygens (including phenoxy) is 1. The van der Waals surface area contributed by atoms with Crippen molar-refractivity contribution < 1.29 is 18.7 Å². The van der Waals surface area contributed by atoms with Crippen LogP contribution in [0.3, 0.4) is 0 Å². The van der Waals surface area contributed by atoms with Crippen molar-refractivity contribution in [3.8, 4) is 0 Å². The Kier molecular flexibility index (Phi) is 1.58. The lowest BCUT2D eigenvalue weighted by molar-refractivity contribution is -0.188. The van der Waals surface area contributed by atoms with E-state index in [9.17, 15) is 9.46 Å². The summed E-state index contributed by atoms with van der Waals surface area (Å²) in [7, 11) is -2.73. The van der Waals surface area contributed by atoms with Crippen LogP contribution in [0.1, 0.15) is 6.92 Å². The van der Waals surface area contributed by atoms with Gasteiger partial charge in [-0.05, 0) is 11.5 Å². The van der Waals surface area contributed by atoms with Gasteiger partial charge in [0.25, 0.3) is 0 Å². The zero-order valence-corrected chi connectivity index (χ0v) is 5.13. The van der Waals surface area contributed by atoms with Gasteiger partial charge in [-0.1, -0.05) is 0 Å². The first-order valence-electron chi connectivity index (χ1n) is 2.17. The van der Waals surface area contributed by atoms with Crippen molar-refractivity contribution >= 4 is 8.25 Å². The summed E-state index contributed by atoms with van der Waals surface area (Å²) < 4.78 is 18.6. The SMILES string of the molecule is C[C@@H]1O[C@@H]1O[P+](=O)[O-]. The number of hydrogen-bond acceptors (Lipinski definition) is 4. The third-order valence-corrected chi connectivity index (χ3v) is 1.23. The summed E-state index contributed by atoms with van der Waals surface area (Å²) in [5, 5.41) is 0. The molecule has 8 heavy (non-hydrogen) atoms. The summed E-state index contributed by atoms with van der Waals surface area (Å²) in [6, 6.07) is 0. The van der Waals surface area contributed by atoms with Crippen molar-refractivity contribution in [1.82, 2.24) is 0 Å². The van der Waals surface area contributed by atoms with Crippen LogP contribution in [0.2, 0.25) is 0 Å². The number of rotatable bonds is 2. The Morgan fingerprint density at radius 3 is 2.50 bits per heavy atom. The van der Waals surface area contributed by atoms with Crippen molar-refractivity contribution in [2.24, 2.45) is 0 Å². The molecule has 0 radical (unpaired) electrons. The van der Waals surface area contributed by atoms with E-state index in [-0.39, 0.29) is 6.10 Å². The molecule has 1 heterocycles. The Hall–Kier alpha value is -0.0200. The first-order valence-corrected chi connectivity index (χ1v) is 3.26. The highest BCUT2D eigenvalue weighted by Gasteiger charge is 2.40. The molecule has 1 aliphatic rings. The average Bonchev–Trinajstić information content (AvgIpc) is 2.17. The van der Waals surface area contributed by atoms with Gasteiger partial charge in [-0.15, -0.1) is 4.52 Å². The van der Waals surface area contributed by atoms with Gasteiger partial charge >= 0.3 is 8.25 Å². The van der Waals surface area contributed by atoms with Crippen LogP contribution < -0.4 is 4.89 Å². The lowest BCUT2D eigenvalue weighted by atomic mass is 10.5. The predicted octanol–water partition coefficient (Wildman–Crippen LogP) is -0.235. The molecule has 0 spiro atoms. The predicted molar refractivity (Wildman–Crippen MR) is 23.0 cm³/mol. The maximum absolute atomic E-state index is 9.73.